The molecule has 1 aromatic rings. The zero-order chi connectivity index (χ0) is 23.4. The molecule has 174 valence electrons. The highest BCUT2D eigenvalue weighted by molar-refractivity contribution is 9.10. The quantitative estimate of drug-likeness (QED) is 0.591. The van der Waals surface area contributed by atoms with Gasteiger partial charge in [-0.3, -0.25) is 9.79 Å². The summed E-state index contributed by atoms with van der Waals surface area (Å²) < 4.78 is 36.1. The molecule has 3 atom stereocenters. The first-order valence-corrected chi connectivity index (χ1v) is 11.1. The van der Waals surface area contributed by atoms with Crippen molar-refractivity contribution in [2.75, 3.05) is 13.7 Å². The van der Waals surface area contributed by atoms with E-state index in [1.165, 1.54) is 12.0 Å². The Morgan fingerprint density at radius 3 is 2.53 bits per heavy atom. The molecule has 1 N–H and O–H groups in total. The van der Waals surface area contributed by atoms with Gasteiger partial charge in [-0.15, -0.1) is 0 Å². The summed E-state index contributed by atoms with van der Waals surface area (Å²) in [6.45, 7) is 0.632. The topological polar surface area (TPSA) is 80.2 Å². The highest BCUT2D eigenvalue weighted by atomic mass is 79.9. The van der Waals surface area contributed by atoms with Gasteiger partial charge in [-0.1, -0.05) is 41.9 Å². The number of alkyl carbamates (subject to hydrolysis) is 1. The second kappa shape index (κ2) is 10.5. The Morgan fingerprint density at radius 2 is 1.94 bits per heavy atom. The monoisotopic (exact) mass is 513 g/mol. The molecule has 1 aromatic carbocycles. The van der Waals surface area contributed by atoms with Gasteiger partial charge in [-0.2, -0.15) is 8.78 Å². The van der Waals surface area contributed by atoms with E-state index in [2.05, 4.69) is 31.0 Å². The predicted octanol–water partition coefficient (Wildman–Crippen LogP) is 4.22. The van der Waals surface area contributed by atoms with E-state index in [9.17, 15) is 18.4 Å². The number of carbonyl (C=O) groups is 2. The fraction of sp³-hybridized carbons (Fsp3) is 0.500. The zero-order valence-corrected chi connectivity index (χ0v) is 19.6. The summed E-state index contributed by atoms with van der Waals surface area (Å²) >= 11 is 3.41. The van der Waals surface area contributed by atoms with Crippen LogP contribution in [-0.4, -0.2) is 61.1 Å². The maximum atomic E-state index is 13.4. The number of ether oxygens (including phenoxy) is 2. The van der Waals surface area contributed by atoms with Crippen molar-refractivity contribution in [2.24, 2.45) is 10.9 Å². The molecular formula is C22H26BrF2N3O4. The van der Waals surface area contributed by atoms with Gasteiger partial charge in [0.15, 0.2) is 0 Å². The van der Waals surface area contributed by atoms with E-state index in [-0.39, 0.29) is 24.8 Å². The third kappa shape index (κ3) is 5.72. The van der Waals surface area contributed by atoms with E-state index < -0.39 is 30.9 Å². The van der Waals surface area contributed by atoms with Gasteiger partial charge in [0, 0.05) is 35.8 Å². The number of likely N-dealkylation sites (tertiary alicyclic amines) is 1. The van der Waals surface area contributed by atoms with E-state index >= 15 is 0 Å². The van der Waals surface area contributed by atoms with Crippen LogP contribution in [0.1, 0.15) is 32.3 Å². The molecule has 2 aliphatic rings. The molecule has 2 amide bonds. The van der Waals surface area contributed by atoms with E-state index in [0.29, 0.717) is 12.1 Å². The maximum Gasteiger partial charge on any atom is 0.407 e. The first kappa shape index (κ1) is 24.3. The number of halogens is 3. The summed E-state index contributed by atoms with van der Waals surface area (Å²) in [5, 5.41) is 2.55. The summed E-state index contributed by atoms with van der Waals surface area (Å²) in [7, 11) is 1.21. The van der Waals surface area contributed by atoms with Crippen molar-refractivity contribution in [3.8, 4) is 0 Å². The minimum atomic E-state index is -2.94. The lowest BCUT2D eigenvalue weighted by Crippen LogP contribution is -2.53. The van der Waals surface area contributed by atoms with Crippen LogP contribution in [0.5, 0.6) is 0 Å². The lowest BCUT2D eigenvalue weighted by molar-refractivity contribution is -0.160. The van der Waals surface area contributed by atoms with Crippen LogP contribution in [0, 0.1) is 5.92 Å². The molecule has 0 unspecified atom stereocenters. The Hall–Kier alpha value is -2.33. The molecule has 1 fully saturated rings. The average Bonchev–Trinajstić information content (AvgIpc) is 3.38. The molecule has 2 heterocycles. The molecule has 0 radical (unpaired) electrons. The Kier molecular flexibility index (Phi) is 8.00. The standard InChI is InChI=1S/C22H26BrF2N3O4/c1-12(2)19(27-22(30)31-3)20(29)28-11-16(32-21(24)25)9-18(28)17-8-14(10-26-17)13-4-6-15(23)7-5-13/h4-7,10,12,16,18-19,21H,8-9,11H2,1-3H3,(H,27,30)/t16-,18-,19-/m0/s1. The van der Waals surface area contributed by atoms with Crippen molar-refractivity contribution in [1.82, 2.24) is 10.2 Å². The number of rotatable bonds is 7. The van der Waals surface area contributed by atoms with Crippen LogP contribution in [0.3, 0.4) is 0 Å². The van der Waals surface area contributed by atoms with Crippen LogP contribution < -0.4 is 5.32 Å². The number of allylic oxidation sites excluding steroid dienone is 1. The SMILES string of the molecule is COC(=O)N[C@H](C(=O)N1C[C@@H](OC(F)F)C[C@H]1C1=NC=C(c2ccc(Br)cc2)C1)C(C)C. The van der Waals surface area contributed by atoms with Gasteiger partial charge in [-0.05, 0) is 29.2 Å². The number of methoxy groups -OCH3 is 1. The van der Waals surface area contributed by atoms with Crippen molar-refractivity contribution in [3.05, 3.63) is 40.5 Å². The molecule has 3 rings (SSSR count). The van der Waals surface area contributed by atoms with E-state index in [1.807, 2.05) is 24.3 Å². The van der Waals surface area contributed by atoms with Gasteiger partial charge in [0.25, 0.3) is 0 Å². The number of benzene rings is 1. The summed E-state index contributed by atoms with van der Waals surface area (Å²) in [6.07, 6.45) is 0.892. The zero-order valence-electron chi connectivity index (χ0n) is 18.1. The van der Waals surface area contributed by atoms with Gasteiger partial charge in [0.2, 0.25) is 5.91 Å². The summed E-state index contributed by atoms with van der Waals surface area (Å²) in [4.78, 5) is 31.1. The second-order valence-electron chi connectivity index (χ2n) is 8.08. The number of carbonyl (C=O) groups excluding carboxylic acids is 2. The van der Waals surface area contributed by atoms with Crippen LogP contribution in [-0.2, 0) is 14.3 Å². The summed E-state index contributed by atoms with van der Waals surface area (Å²) in [6, 6.07) is 6.41. The third-order valence-corrected chi connectivity index (χ3v) is 6.12. The van der Waals surface area contributed by atoms with Gasteiger partial charge in [0.05, 0.1) is 19.3 Å². The Balaban J connectivity index is 1.79. The van der Waals surface area contributed by atoms with Gasteiger partial charge < -0.3 is 19.7 Å². The molecule has 32 heavy (non-hydrogen) atoms. The van der Waals surface area contributed by atoms with Crippen LogP contribution in [0.25, 0.3) is 5.57 Å². The summed E-state index contributed by atoms with van der Waals surface area (Å²) in [5.74, 6) is -0.616. The highest BCUT2D eigenvalue weighted by Crippen LogP contribution is 2.32. The lowest BCUT2D eigenvalue weighted by atomic mass is 9.97. The number of nitrogens with zero attached hydrogens (tertiary/aromatic N) is 2. The van der Waals surface area contributed by atoms with Crippen LogP contribution in [0.4, 0.5) is 13.6 Å². The highest BCUT2D eigenvalue weighted by Gasteiger charge is 2.43. The van der Waals surface area contributed by atoms with Crippen LogP contribution in [0.15, 0.2) is 39.9 Å². The molecule has 0 aliphatic carbocycles. The first-order valence-electron chi connectivity index (χ1n) is 10.3. The van der Waals surface area contributed by atoms with Crippen molar-refractivity contribution in [3.63, 3.8) is 0 Å². The van der Waals surface area contributed by atoms with Gasteiger partial charge >= 0.3 is 12.7 Å². The molecule has 0 aromatic heterocycles. The molecule has 0 bridgehead atoms. The van der Waals surface area contributed by atoms with Crippen LogP contribution in [0.2, 0.25) is 0 Å². The van der Waals surface area contributed by atoms with Gasteiger partial charge in [-0.25, -0.2) is 4.79 Å². The minimum absolute atomic E-state index is 0.00739. The van der Waals surface area contributed by atoms with E-state index in [1.54, 1.807) is 20.0 Å². The third-order valence-electron chi connectivity index (χ3n) is 5.59. The number of nitrogens with one attached hydrogen (secondary N) is 1. The normalized spacial score (nSPS) is 21.6. The molecule has 10 heteroatoms. The minimum Gasteiger partial charge on any atom is -0.453 e. The molecule has 7 nitrogen and oxygen atoms in total. The Labute approximate surface area is 194 Å². The van der Waals surface area contributed by atoms with Crippen molar-refractivity contribution >= 4 is 39.2 Å². The number of alkyl halides is 2. The predicted molar refractivity (Wildman–Crippen MR) is 119 cm³/mol. The van der Waals surface area contributed by atoms with E-state index in [0.717, 1.165) is 15.6 Å². The maximum absolute atomic E-state index is 13.4. The lowest BCUT2D eigenvalue weighted by Gasteiger charge is -2.30. The van der Waals surface area contributed by atoms with Crippen molar-refractivity contribution < 1.29 is 27.8 Å². The first-order chi connectivity index (χ1) is 15.2. The second-order valence-corrected chi connectivity index (χ2v) is 8.99. The smallest absolute Gasteiger partial charge is 0.407 e. The van der Waals surface area contributed by atoms with E-state index in [4.69, 9.17) is 4.74 Å². The molecule has 1 saturated heterocycles. The number of aliphatic imine (C=N–C) groups is 1. The molecule has 2 aliphatic heterocycles. The summed E-state index contributed by atoms with van der Waals surface area (Å²) in [5.41, 5.74) is 2.68. The van der Waals surface area contributed by atoms with Crippen LogP contribution >= 0.6 is 15.9 Å². The molecular weight excluding hydrogens is 488 g/mol. The van der Waals surface area contributed by atoms with Crippen molar-refractivity contribution in [1.29, 1.82) is 0 Å². The fourth-order valence-electron chi connectivity index (χ4n) is 3.97. The Bertz CT molecular complexity index is 905. The van der Waals surface area contributed by atoms with Gasteiger partial charge in [0.1, 0.15) is 6.04 Å². The number of hydrogen-bond acceptors (Lipinski definition) is 5. The fourth-order valence-corrected chi connectivity index (χ4v) is 4.24. The average molecular weight is 514 g/mol. The van der Waals surface area contributed by atoms with Crippen molar-refractivity contribution in [2.45, 2.75) is 51.5 Å². The molecule has 0 saturated carbocycles. The largest absolute Gasteiger partial charge is 0.453 e. The number of hydrogen-bond donors (Lipinski definition) is 1. The number of amides is 2. The molecule has 0 spiro atoms. The Morgan fingerprint density at radius 1 is 1.25 bits per heavy atom.